The van der Waals surface area contributed by atoms with E-state index in [1.165, 1.54) is 18.2 Å². The van der Waals surface area contributed by atoms with E-state index in [9.17, 15) is 15.0 Å². The van der Waals surface area contributed by atoms with Crippen LogP contribution in [-0.2, 0) is 0 Å². The summed E-state index contributed by atoms with van der Waals surface area (Å²) >= 11 is 0. The molecule has 6 nitrogen and oxygen atoms in total. The fourth-order valence-electron chi connectivity index (χ4n) is 1.70. The minimum absolute atomic E-state index is 0.117. The third-order valence-corrected chi connectivity index (χ3v) is 2.65. The lowest BCUT2D eigenvalue weighted by molar-refractivity contribution is 0.0949. The van der Waals surface area contributed by atoms with Crippen LogP contribution in [0.15, 0.2) is 42.7 Å². The van der Waals surface area contributed by atoms with E-state index >= 15 is 0 Å². The van der Waals surface area contributed by atoms with Crippen molar-refractivity contribution in [1.82, 2.24) is 10.3 Å². The van der Waals surface area contributed by atoms with Crippen LogP contribution in [0, 0.1) is 0 Å². The number of hydrogen-bond acceptors (Lipinski definition) is 5. The van der Waals surface area contributed by atoms with E-state index < -0.39 is 5.91 Å². The highest BCUT2D eigenvalue weighted by Gasteiger charge is 2.14. The van der Waals surface area contributed by atoms with Crippen LogP contribution in [0.4, 0.5) is 5.69 Å². The number of nitrogens with zero attached hydrogens (tertiary/aromatic N) is 1. The number of hydrogen-bond donors (Lipinski definition) is 4. The molecule has 0 aliphatic carbocycles. The SMILES string of the molecule is O=C(NCCNc1cccnc1)c1c(O)cccc1O. The third kappa shape index (κ3) is 3.38. The van der Waals surface area contributed by atoms with Crippen LogP contribution in [0.1, 0.15) is 10.4 Å². The molecule has 1 aromatic carbocycles. The Kier molecular flexibility index (Phi) is 4.39. The van der Waals surface area contributed by atoms with E-state index in [1.807, 2.05) is 6.07 Å². The number of amides is 1. The Morgan fingerprint density at radius 1 is 1.10 bits per heavy atom. The second-order valence-electron chi connectivity index (χ2n) is 4.10. The van der Waals surface area contributed by atoms with Crippen LogP contribution >= 0.6 is 0 Å². The van der Waals surface area contributed by atoms with Gasteiger partial charge < -0.3 is 20.8 Å². The molecule has 0 atom stereocenters. The Balaban J connectivity index is 1.84. The molecular formula is C14H15N3O3. The highest BCUT2D eigenvalue weighted by atomic mass is 16.3. The van der Waals surface area contributed by atoms with Crippen molar-refractivity contribution >= 4 is 11.6 Å². The van der Waals surface area contributed by atoms with Gasteiger partial charge in [0.2, 0.25) is 0 Å². The zero-order valence-corrected chi connectivity index (χ0v) is 10.7. The highest BCUT2D eigenvalue weighted by molar-refractivity contribution is 5.99. The molecule has 0 saturated carbocycles. The zero-order valence-electron chi connectivity index (χ0n) is 10.7. The molecule has 0 fully saturated rings. The summed E-state index contributed by atoms with van der Waals surface area (Å²) in [6.45, 7) is 0.854. The fraction of sp³-hybridized carbons (Fsp3) is 0.143. The number of carbonyl (C=O) groups is 1. The van der Waals surface area contributed by atoms with Gasteiger partial charge in [0, 0.05) is 25.5 Å². The summed E-state index contributed by atoms with van der Waals surface area (Å²) in [5, 5.41) is 24.8. The summed E-state index contributed by atoms with van der Waals surface area (Å²) in [5.41, 5.74) is 0.737. The molecule has 4 N–H and O–H groups in total. The summed E-state index contributed by atoms with van der Waals surface area (Å²) in [4.78, 5) is 15.8. The van der Waals surface area contributed by atoms with Gasteiger partial charge in [-0.25, -0.2) is 0 Å². The summed E-state index contributed by atoms with van der Waals surface area (Å²) in [6.07, 6.45) is 3.35. The molecule has 2 aromatic rings. The van der Waals surface area contributed by atoms with Crippen molar-refractivity contribution < 1.29 is 15.0 Å². The number of pyridine rings is 1. The maximum Gasteiger partial charge on any atom is 0.258 e. The molecule has 0 unspecified atom stereocenters. The van der Waals surface area contributed by atoms with Crippen LogP contribution < -0.4 is 10.6 Å². The Hall–Kier alpha value is -2.76. The molecule has 0 saturated heterocycles. The molecule has 104 valence electrons. The maximum atomic E-state index is 11.8. The van der Waals surface area contributed by atoms with E-state index in [0.29, 0.717) is 13.1 Å². The van der Waals surface area contributed by atoms with Gasteiger partial charge in [-0.15, -0.1) is 0 Å². The predicted molar refractivity (Wildman–Crippen MR) is 74.8 cm³/mol. The average Bonchev–Trinajstić information content (AvgIpc) is 2.44. The van der Waals surface area contributed by atoms with Gasteiger partial charge in [-0.3, -0.25) is 9.78 Å². The largest absolute Gasteiger partial charge is 0.507 e. The first-order valence-electron chi connectivity index (χ1n) is 6.11. The molecule has 1 heterocycles. The fourth-order valence-corrected chi connectivity index (χ4v) is 1.70. The number of phenolic OH excluding ortho intramolecular Hbond substituents is 2. The molecule has 0 aliphatic heterocycles. The van der Waals surface area contributed by atoms with E-state index in [-0.39, 0.29) is 17.1 Å². The second kappa shape index (κ2) is 6.42. The van der Waals surface area contributed by atoms with Crippen molar-refractivity contribution in [3.63, 3.8) is 0 Å². The Labute approximate surface area is 116 Å². The van der Waals surface area contributed by atoms with Gasteiger partial charge in [-0.1, -0.05) is 6.07 Å². The molecule has 2 rings (SSSR count). The summed E-state index contributed by atoms with van der Waals surface area (Å²) in [7, 11) is 0. The van der Waals surface area contributed by atoms with Crippen molar-refractivity contribution in [2.24, 2.45) is 0 Å². The maximum absolute atomic E-state index is 11.8. The number of aromatic hydroxyl groups is 2. The molecule has 1 amide bonds. The molecule has 0 radical (unpaired) electrons. The molecule has 20 heavy (non-hydrogen) atoms. The first kappa shape index (κ1) is 13.7. The van der Waals surface area contributed by atoms with Gasteiger partial charge in [0.05, 0.1) is 5.69 Å². The van der Waals surface area contributed by atoms with Crippen LogP contribution in [-0.4, -0.2) is 34.2 Å². The van der Waals surface area contributed by atoms with Gasteiger partial charge in [-0.05, 0) is 24.3 Å². The van der Waals surface area contributed by atoms with Crippen molar-refractivity contribution in [3.8, 4) is 11.5 Å². The van der Waals surface area contributed by atoms with Gasteiger partial charge >= 0.3 is 0 Å². The topological polar surface area (TPSA) is 94.5 Å². The molecule has 6 heteroatoms. The lowest BCUT2D eigenvalue weighted by atomic mass is 10.1. The van der Waals surface area contributed by atoms with E-state index in [2.05, 4.69) is 15.6 Å². The molecule has 0 aliphatic rings. The zero-order chi connectivity index (χ0) is 14.4. The summed E-state index contributed by atoms with van der Waals surface area (Å²) < 4.78 is 0. The van der Waals surface area contributed by atoms with E-state index in [0.717, 1.165) is 5.69 Å². The Morgan fingerprint density at radius 2 is 1.85 bits per heavy atom. The summed E-state index contributed by atoms with van der Waals surface area (Å²) in [6, 6.07) is 7.83. The normalized spacial score (nSPS) is 10.0. The molecule has 0 bridgehead atoms. The lowest BCUT2D eigenvalue weighted by Crippen LogP contribution is -2.28. The van der Waals surface area contributed by atoms with Crippen molar-refractivity contribution in [2.45, 2.75) is 0 Å². The van der Waals surface area contributed by atoms with Crippen LogP contribution in [0.5, 0.6) is 11.5 Å². The molecule has 0 spiro atoms. The monoisotopic (exact) mass is 273 g/mol. The minimum atomic E-state index is -0.520. The summed E-state index contributed by atoms with van der Waals surface area (Å²) in [5.74, 6) is -1.01. The van der Waals surface area contributed by atoms with Gasteiger partial charge in [0.25, 0.3) is 5.91 Å². The Morgan fingerprint density at radius 3 is 2.50 bits per heavy atom. The molecule has 1 aromatic heterocycles. The van der Waals surface area contributed by atoms with Crippen molar-refractivity contribution in [1.29, 1.82) is 0 Å². The number of rotatable bonds is 5. The standard InChI is InChI=1S/C14H15N3O3/c18-11-4-1-5-12(19)13(11)14(20)17-8-7-16-10-3-2-6-15-9-10/h1-6,9,16,18-19H,7-8H2,(H,17,20). The number of nitrogens with one attached hydrogen (secondary N) is 2. The van der Waals surface area contributed by atoms with Crippen LogP contribution in [0.2, 0.25) is 0 Å². The van der Waals surface area contributed by atoms with E-state index in [1.54, 1.807) is 18.5 Å². The van der Waals surface area contributed by atoms with Crippen molar-refractivity contribution in [2.75, 3.05) is 18.4 Å². The molecular weight excluding hydrogens is 258 g/mol. The quantitative estimate of drug-likeness (QED) is 0.617. The average molecular weight is 273 g/mol. The number of benzene rings is 1. The van der Waals surface area contributed by atoms with Crippen LogP contribution in [0.25, 0.3) is 0 Å². The third-order valence-electron chi connectivity index (χ3n) is 2.65. The van der Waals surface area contributed by atoms with Crippen LogP contribution in [0.3, 0.4) is 0 Å². The van der Waals surface area contributed by atoms with E-state index in [4.69, 9.17) is 0 Å². The number of aromatic nitrogens is 1. The first-order chi connectivity index (χ1) is 9.68. The van der Waals surface area contributed by atoms with Crippen molar-refractivity contribution in [3.05, 3.63) is 48.3 Å². The highest BCUT2D eigenvalue weighted by Crippen LogP contribution is 2.25. The Bertz CT molecular complexity index is 567. The first-order valence-corrected chi connectivity index (χ1v) is 6.11. The predicted octanol–water partition coefficient (Wildman–Crippen LogP) is 1.33. The van der Waals surface area contributed by atoms with Gasteiger partial charge in [0.1, 0.15) is 17.1 Å². The number of phenols is 2. The minimum Gasteiger partial charge on any atom is -0.507 e. The van der Waals surface area contributed by atoms with Gasteiger partial charge in [-0.2, -0.15) is 0 Å². The smallest absolute Gasteiger partial charge is 0.258 e. The second-order valence-corrected chi connectivity index (χ2v) is 4.10. The lowest BCUT2D eigenvalue weighted by Gasteiger charge is -2.09. The number of anilines is 1. The number of carbonyl (C=O) groups excluding carboxylic acids is 1. The van der Waals surface area contributed by atoms with Gasteiger partial charge in [0.15, 0.2) is 0 Å².